The molecule has 9 heteroatoms. The molecule has 1 saturated carbocycles. The molecular weight excluding hydrogens is 372 g/mol. The largest absolute Gasteiger partial charge is 0.475 e. The lowest BCUT2D eigenvalue weighted by Crippen LogP contribution is -2.33. The van der Waals surface area contributed by atoms with E-state index in [-0.39, 0.29) is 42.7 Å². The van der Waals surface area contributed by atoms with Crippen molar-refractivity contribution in [2.24, 2.45) is 11.7 Å². The summed E-state index contributed by atoms with van der Waals surface area (Å²) in [6.45, 7) is 0.712. The van der Waals surface area contributed by atoms with Gasteiger partial charge in [-0.25, -0.2) is 4.98 Å². The molecule has 1 aromatic heterocycles. The van der Waals surface area contributed by atoms with Crippen LogP contribution >= 0.6 is 48.0 Å². The molecule has 0 aromatic carbocycles. The summed E-state index contributed by atoms with van der Waals surface area (Å²) in [6, 6.07) is 1.71. The van der Waals surface area contributed by atoms with Crippen molar-refractivity contribution >= 4 is 53.9 Å². The molecule has 1 heterocycles. The third kappa shape index (κ3) is 6.34. The number of rotatable bonds is 5. The van der Waals surface area contributed by atoms with Crippen molar-refractivity contribution in [3.63, 3.8) is 0 Å². The van der Waals surface area contributed by atoms with Crippen LogP contribution in [0, 0.1) is 5.92 Å². The third-order valence-electron chi connectivity index (χ3n) is 3.26. The topological polar surface area (TPSA) is 77.2 Å². The molecule has 0 saturated heterocycles. The Bertz CT molecular complexity index is 490. The maximum absolute atomic E-state index is 11.8. The van der Waals surface area contributed by atoms with E-state index in [2.05, 4.69) is 10.3 Å². The van der Waals surface area contributed by atoms with E-state index in [1.54, 1.807) is 6.07 Å². The van der Waals surface area contributed by atoms with Crippen molar-refractivity contribution in [3.05, 3.63) is 22.3 Å². The van der Waals surface area contributed by atoms with E-state index in [1.165, 1.54) is 6.20 Å². The van der Waals surface area contributed by atoms with Crippen LogP contribution in [0.4, 0.5) is 0 Å². The third-order valence-corrected chi connectivity index (χ3v) is 3.74. The minimum absolute atomic E-state index is 0. The number of nitrogens with zero attached hydrogens (tertiary/aromatic N) is 1. The fourth-order valence-electron chi connectivity index (χ4n) is 2.23. The average molecular weight is 391 g/mol. The number of carbonyl (C=O) groups is 1. The number of nitrogens with one attached hydrogen (secondary N) is 1. The number of halogens is 4. The first-order chi connectivity index (χ1) is 9.56. The van der Waals surface area contributed by atoms with Crippen LogP contribution in [0.5, 0.6) is 5.88 Å². The first kappa shape index (κ1) is 21.5. The van der Waals surface area contributed by atoms with Gasteiger partial charge in [-0.1, -0.05) is 23.2 Å². The molecule has 2 unspecified atom stereocenters. The van der Waals surface area contributed by atoms with Gasteiger partial charge in [0.1, 0.15) is 11.6 Å². The second kappa shape index (κ2) is 10.3. The van der Waals surface area contributed by atoms with E-state index >= 15 is 0 Å². The summed E-state index contributed by atoms with van der Waals surface area (Å²) < 4.78 is 5.38. The van der Waals surface area contributed by atoms with Gasteiger partial charge in [0.2, 0.25) is 11.8 Å². The molecule has 1 aromatic rings. The summed E-state index contributed by atoms with van der Waals surface area (Å²) in [6.07, 6.45) is 4.00. The van der Waals surface area contributed by atoms with Gasteiger partial charge in [-0.05, 0) is 25.3 Å². The number of nitrogens with two attached hydrogens (primary N) is 1. The first-order valence-electron chi connectivity index (χ1n) is 6.53. The van der Waals surface area contributed by atoms with Crippen molar-refractivity contribution < 1.29 is 9.53 Å². The maximum Gasteiger partial charge on any atom is 0.232 e. The Hall–Kier alpha value is -0.460. The Morgan fingerprint density at radius 1 is 1.41 bits per heavy atom. The quantitative estimate of drug-likeness (QED) is 0.757. The van der Waals surface area contributed by atoms with E-state index < -0.39 is 0 Å². The Balaban J connectivity index is 0.00000220. The van der Waals surface area contributed by atoms with Crippen LogP contribution in [-0.4, -0.2) is 30.1 Å². The van der Waals surface area contributed by atoms with E-state index in [9.17, 15) is 4.79 Å². The van der Waals surface area contributed by atoms with Crippen molar-refractivity contribution in [3.8, 4) is 5.88 Å². The summed E-state index contributed by atoms with van der Waals surface area (Å²) in [4.78, 5) is 15.8. The molecule has 5 nitrogen and oxygen atoms in total. The monoisotopic (exact) mass is 389 g/mol. The van der Waals surface area contributed by atoms with Gasteiger partial charge in [-0.3, -0.25) is 4.79 Å². The van der Waals surface area contributed by atoms with E-state index in [4.69, 9.17) is 33.7 Å². The zero-order valence-corrected chi connectivity index (χ0v) is 14.9. The van der Waals surface area contributed by atoms with Crippen LogP contribution in [0.1, 0.15) is 19.3 Å². The molecule has 1 amide bonds. The highest BCUT2D eigenvalue weighted by molar-refractivity contribution is 6.35. The zero-order valence-electron chi connectivity index (χ0n) is 11.8. The normalized spacial score (nSPS) is 19.8. The van der Waals surface area contributed by atoms with E-state index in [0.29, 0.717) is 29.1 Å². The molecule has 2 rings (SSSR count). The summed E-state index contributed by atoms with van der Waals surface area (Å²) in [5.41, 5.74) is 5.78. The second-order valence-corrected chi connectivity index (χ2v) is 5.69. The fraction of sp³-hybridized carbons (Fsp3) is 0.538. The number of pyridine rings is 1. The molecule has 0 bridgehead atoms. The highest BCUT2D eigenvalue weighted by Gasteiger charge is 2.27. The SMILES string of the molecule is Cl.Cl.NC1CCC(C(=O)NCCOc2ncc(Cl)cc2Cl)C1. The minimum Gasteiger partial charge on any atom is -0.475 e. The molecule has 2 atom stereocenters. The maximum atomic E-state index is 11.8. The molecule has 1 fully saturated rings. The molecule has 1 aliphatic rings. The zero-order chi connectivity index (χ0) is 14.5. The predicted molar refractivity (Wildman–Crippen MR) is 92.6 cm³/mol. The van der Waals surface area contributed by atoms with Gasteiger partial charge in [0.25, 0.3) is 0 Å². The molecule has 3 N–H and O–H groups in total. The number of amides is 1. The molecule has 1 aliphatic carbocycles. The Labute approximate surface area is 152 Å². The van der Waals surface area contributed by atoms with E-state index in [1.807, 2.05) is 0 Å². The summed E-state index contributed by atoms with van der Waals surface area (Å²) in [7, 11) is 0. The summed E-state index contributed by atoms with van der Waals surface area (Å²) >= 11 is 11.7. The summed E-state index contributed by atoms with van der Waals surface area (Å²) in [5.74, 6) is 0.382. The van der Waals surface area contributed by atoms with Crippen LogP contribution in [0.15, 0.2) is 12.3 Å². The fourth-order valence-corrected chi connectivity index (χ4v) is 2.66. The van der Waals surface area contributed by atoms with Crippen LogP contribution < -0.4 is 15.8 Å². The van der Waals surface area contributed by atoms with Gasteiger partial charge in [0.05, 0.1) is 11.6 Å². The lowest BCUT2D eigenvalue weighted by atomic mass is 10.1. The molecule has 126 valence electrons. The molecular formula is C13H19Cl4N3O2. The number of hydrogen-bond acceptors (Lipinski definition) is 4. The average Bonchev–Trinajstić information content (AvgIpc) is 2.83. The van der Waals surface area contributed by atoms with Crippen molar-refractivity contribution in [2.75, 3.05) is 13.2 Å². The van der Waals surface area contributed by atoms with Gasteiger partial charge in [0, 0.05) is 18.2 Å². The van der Waals surface area contributed by atoms with Gasteiger partial charge < -0.3 is 15.8 Å². The van der Waals surface area contributed by atoms with Gasteiger partial charge >= 0.3 is 0 Å². The standard InChI is InChI=1S/C13H17Cl2N3O2.2ClH/c14-9-6-11(15)13(18-7-9)20-4-3-17-12(19)8-1-2-10(16)5-8;;/h6-8,10H,1-5,16H2,(H,17,19);2*1H. The van der Waals surface area contributed by atoms with Crippen LogP contribution in [-0.2, 0) is 4.79 Å². The van der Waals surface area contributed by atoms with Crippen LogP contribution in [0.3, 0.4) is 0 Å². The highest BCUT2D eigenvalue weighted by Crippen LogP contribution is 2.25. The minimum atomic E-state index is 0. The lowest BCUT2D eigenvalue weighted by Gasteiger charge is -2.11. The van der Waals surface area contributed by atoms with Crippen molar-refractivity contribution in [1.82, 2.24) is 10.3 Å². The van der Waals surface area contributed by atoms with Gasteiger partial charge in [0.15, 0.2) is 0 Å². The van der Waals surface area contributed by atoms with Crippen LogP contribution in [0.25, 0.3) is 0 Å². The predicted octanol–water partition coefficient (Wildman–Crippen LogP) is 2.85. The smallest absolute Gasteiger partial charge is 0.232 e. The van der Waals surface area contributed by atoms with Crippen molar-refractivity contribution in [2.45, 2.75) is 25.3 Å². The Morgan fingerprint density at radius 3 is 2.73 bits per heavy atom. The Kier molecular flexibility index (Phi) is 10.1. The Morgan fingerprint density at radius 2 is 2.14 bits per heavy atom. The molecule has 0 spiro atoms. The lowest BCUT2D eigenvalue weighted by molar-refractivity contribution is -0.124. The molecule has 0 radical (unpaired) electrons. The number of hydrogen-bond donors (Lipinski definition) is 2. The summed E-state index contributed by atoms with van der Waals surface area (Å²) in [5, 5.41) is 3.63. The second-order valence-electron chi connectivity index (χ2n) is 4.85. The number of aromatic nitrogens is 1. The molecule has 22 heavy (non-hydrogen) atoms. The first-order valence-corrected chi connectivity index (χ1v) is 7.29. The highest BCUT2D eigenvalue weighted by atomic mass is 35.5. The van der Waals surface area contributed by atoms with Gasteiger partial charge in [-0.2, -0.15) is 0 Å². The molecule has 0 aliphatic heterocycles. The number of ether oxygens (including phenoxy) is 1. The van der Waals surface area contributed by atoms with Crippen molar-refractivity contribution in [1.29, 1.82) is 0 Å². The van der Waals surface area contributed by atoms with Crippen LogP contribution in [0.2, 0.25) is 10.0 Å². The number of carbonyl (C=O) groups excluding carboxylic acids is 1. The van der Waals surface area contributed by atoms with Gasteiger partial charge in [-0.15, -0.1) is 24.8 Å². The van der Waals surface area contributed by atoms with E-state index in [0.717, 1.165) is 19.3 Å².